The zero-order valence-electron chi connectivity index (χ0n) is 9.61. The van der Waals surface area contributed by atoms with Crippen LogP contribution in [-0.2, 0) is 6.42 Å². The minimum atomic E-state index is -0.357. The molecule has 4 nitrogen and oxygen atoms in total. The first-order chi connectivity index (χ1) is 8.20. The second-order valence-corrected chi connectivity index (χ2v) is 3.89. The molecule has 2 aromatic rings. The van der Waals surface area contributed by atoms with E-state index in [2.05, 4.69) is 10.1 Å². The van der Waals surface area contributed by atoms with Crippen LogP contribution in [0.5, 0.6) is 0 Å². The fourth-order valence-electron chi connectivity index (χ4n) is 1.53. The van der Waals surface area contributed by atoms with Crippen molar-refractivity contribution >= 4 is 0 Å². The molecule has 0 saturated heterocycles. The van der Waals surface area contributed by atoms with Gasteiger partial charge in [-0.2, -0.15) is 4.98 Å². The summed E-state index contributed by atoms with van der Waals surface area (Å²) >= 11 is 0. The predicted molar refractivity (Wildman–Crippen MR) is 61.8 cm³/mol. The third-order valence-corrected chi connectivity index (χ3v) is 2.42. The lowest BCUT2D eigenvalue weighted by molar-refractivity contribution is 0.419. The van der Waals surface area contributed by atoms with E-state index in [1.54, 1.807) is 12.1 Å². The van der Waals surface area contributed by atoms with E-state index < -0.39 is 0 Å². The van der Waals surface area contributed by atoms with E-state index in [1.165, 1.54) is 6.07 Å². The second kappa shape index (κ2) is 5.05. The summed E-state index contributed by atoms with van der Waals surface area (Å²) < 4.78 is 18.6. The van der Waals surface area contributed by atoms with Crippen LogP contribution in [0.3, 0.4) is 0 Å². The highest BCUT2D eigenvalue weighted by Crippen LogP contribution is 2.22. The van der Waals surface area contributed by atoms with E-state index in [0.29, 0.717) is 24.4 Å². The van der Waals surface area contributed by atoms with Gasteiger partial charge >= 0.3 is 0 Å². The van der Waals surface area contributed by atoms with Gasteiger partial charge in [0.15, 0.2) is 5.82 Å². The largest absolute Gasteiger partial charge is 0.334 e. The standard InChI is InChI=1S/C12H14FN3O/c1-8-4-5-10(13)9(7-8)12-15-11(16-17-12)3-2-6-14/h4-5,7H,2-3,6,14H2,1H3. The lowest BCUT2D eigenvalue weighted by Crippen LogP contribution is -2.01. The summed E-state index contributed by atoms with van der Waals surface area (Å²) in [5.74, 6) is 0.425. The molecule has 2 N–H and O–H groups in total. The highest BCUT2D eigenvalue weighted by molar-refractivity contribution is 5.55. The third kappa shape index (κ3) is 2.68. The van der Waals surface area contributed by atoms with Crippen molar-refractivity contribution in [1.29, 1.82) is 0 Å². The van der Waals surface area contributed by atoms with E-state index in [1.807, 2.05) is 6.92 Å². The monoisotopic (exact) mass is 235 g/mol. The maximum Gasteiger partial charge on any atom is 0.260 e. The molecule has 90 valence electrons. The van der Waals surface area contributed by atoms with Gasteiger partial charge in [-0.1, -0.05) is 16.8 Å². The van der Waals surface area contributed by atoms with Crippen molar-refractivity contribution in [2.75, 3.05) is 6.54 Å². The van der Waals surface area contributed by atoms with Crippen molar-refractivity contribution in [2.24, 2.45) is 5.73 Å². The van der Waals surface area contributed by atoms with Crippen LogP contribution in [0.25, 0.3) is 11.5 Å². The van der Waals surface area contributed by atoms with Crippen LogP contribution in [0.4, 0.5) is 4.39 Å². The van der Waals surface area contributed by atoms with Gasteiger partial charge in [0.25, 0.3) is 5.89 Å². The summed E-state index contributed by atoms with van der Waals surface area (Å²) in [6, 6.07) is 4.79. The lowest BCUT2D eigenvalue weighted by Gasteiger charge is -1.98. The van der Waals surface area contributed by atoms with E-state index in [9.17, 15) is 4.39 Å². The summed E-state index contributed by atoms with van der Waals surface area (Å²) in [6.07, 6.45) is 1.43. The molecule has 5 heteroatoms. The Bertz CT molecular complexity index is 510. The molecule has 1 aromatic carbocycles. The van der Waals surface area contributed by atoms with E-state index in [4.69, 9.17) is 10.3 Å². The predicted octanol–water partition coefficient (Wildman–Crippen LogP) is 2.08. The molecule has 0 spiro atoms. The highest BCUT2D eigenvalue weighted by Gasteiger charge is 2.13. The van der Waals surface area contributed by atoms with Gasteiger partial charge in [0.05, 0.1) is 5.56 Å². The molecular weight excluding hydrogens is 221 g/mol. The number of nitrogens with two attached hydrogens (primary N) is 1. The Labute approximate surface area is 98.6 Å². The second-order valence-electron chi connectivity index (χ2n) is 3.89. The van der Waals surface area contributed by atoms with Gasteiger partial charge in [-0.3, -0.25) is 0 Å². The molecular formula is C12H14FN3O. The summed E-state index contributed by atoms with van der Waals surface area (Å²) in [7, 11) is 0. The van der Waals surface area contributed by atoms with Crippen LogP contribution in [0.2, 0.25) is 0 Å². The number of nitrogens with zero attached hydrogens (tertiary/aromatic N) is 2. The zero-order chi connectivity index (χ0) is 12.3. The molecule has 0 aliphatic heterocycles. The molecule has 0 unspecified atom stereocenters. The fourth-order valence-corrected chi connectivity index (χ4v) is 1.53. The molecule has 0 fully saturated rings. The van der Waals surface area contributed by atoms with E-state index >= 15 is 0 Å². The topological polar surface area (TPSA) is 64.9 Å². The number of aryl methyl sites for hydroxylation is 2. The Kier molecular flexibility index (Phi) is 3.49. The minimum absolute atomic E-state index is 0.221. The number of rotatable bonds is 4. The van der Waals surface area contributed by atoms with Gasteiger partial charge in [0.1, 0.15) is 5.82 Å². The first-order valence-corrected chi connectivity index (χ1v) is 5.50. The molecule has 17 heavy (non-hydrogen) atoms. The highest BCUT2D eigenvalue weighted by atomic mass is 19.1. The molecule has 0 atom stereocenters. The quantitative estimate of drug-likeness (QED) is 0.881. The summed E-state index contributed by atoms with van der Waals surface area (Å²) in [4.78, 5) is 4.15. The summed E-state index contributed by atoms with van der Waals surface area (Å²) in [5, 5.41) is 3.79. The van der Waals surface area contributed by atoms with Crippen LogP contribution in [0.1, 0.15) is 17.8 Å². The fraction of sp³-hybridized carbons (Fsp3) is 0.333. The van der Waals surface area contributed by atoms with Crippen LogP contribution < -0.4 is 5.73 Å². The zero-order valence-corrected chi connectivity index (χ0v) is 9.61. The van der Waals surface area contributed by atoms with Crippen LogP contribution in [-0.4, -0.2) is 16.7 Å². The Morgan fingerprint density at radius 1 is 1.41 bits per heavy atom. The molecule has 0 aliphatic carbocycles. The van der Waals surface area contributed by atoms with Crippen LogP contribution in [0, 0.1) is 12.7 Å². The average molecular weight is 235 g/mol. The van der Waals surface area contributed by atoms with Crippen LogP contribution in [0.15, 0.2) is 22.7 Å². The Hall–Kier alpha value is -1.75. The lowest BCUT2D eigenvalue weighted by atomic mass is 10.1. The van der Waals surface area contributed by atoms with Crippen molar-refractivity contribution < 1.29 is 8.91 Å². The molecule has 1 aromatic heterocycles. The van der Waals surface area contributed by atoms with Gasteiger partial charge in [-0.15, -0.1) is 0 Å². The third-order valence-electron chi connectivity index (χ3n) is 2.42. The molecule has 0 saturated carbocycles. The SMILES string of the molecule is Cc1ccc(F)c(-c2nc(CCCN)no2)c1. The van der Waals surface area contributed by atoms with Gasteiger partial charge < -0.3 is 10.3 Å². The van der Waals surface area contributed by atoms with Crippen LogP contribution >= 0.6 is 0 Å². The smallest absolute Gasteiger partial charge is 0.260 e. The van der Waals surface area contributed by atoms with Crippen molar-refractivity contribution in [3.63, 3.8) is 0 Å². The molecule has 0 radical (unpaired) electrons. The molecule has 1 heterocycles. The first kappa shape index (κ1) is 11.7. The number of aromatic nitrogens is 2. The Balaban J connectivity index is 2.27. The maximum absolute atomic E-state index is 13.6. The number of halogens is 1. The normalized spacial score (nSPS) is 10.8. The van der Waals surface area contributed by atoms with E-state index in [0.717, 1.165) is 12.0 Å². The first-order valence-electron chi connectivity index (χ1n) is 5.50. The average Bonchev–Trinajstić information content (AvgIpc) is 2.78. The molecule has 0 bridgehead atoms. The summed E-state index contributed by atoms with van der Waals surface area (Å²) in [6.45, 7) is 2.46. The molecule has 0 aliphatic rings. The number of hydrogen-bond donors (Lipinski definition) is 1. The minimum Gasteiger partial charge on any atom is -0.334 e. The van der Waals surface area contributed by atoms with Crippen molar-refractivity contribution in [2.45, 2.75) is 19.8 Å². The van der Waals surface area contributed by atoms with Crippen molar-refractivity contribution in [3.05, 3.63) is 35.4 Å². The van der Waals surface area contributed by atoms with Gasteiger partial charge in [0.2, 0.25) is 0 Å². The number of hydrogen-bond acceptors (Lipinski definition) is 4. The van der Waals surface area contributed by atoms with Crippen molar-refractivity contribution in [3.8, 4) is 11.5 Å². The van der Waals surface area contributed by atoms with E-state index in [-0.39, 0.29) is 11.7 Å². The maximum atomic E-state index is 13.6. The Morgan fingerprint density at radius 2 is 2.24 bits per heavy atom. The van der Waals surface area contributed by atoms with Gasteiger partial charge in [-0.05, 0) is 32.0 Å². The number of benzene rings is 1. The Morgan fingerprint density at radius 3 is 3.00 bits per heavy atom. The van der Waals surface area contributed by atoms with Crippen molar-refractivity contribution in [1.82, 2.24) is 10.1 Å². The van der Waals surface area contributed by atoms with Gasteiger partial charge in [0, 0.05) is 6.42 Å². The van der Waals surface area contributed by atoms with Gasteiger partial charge in [-0.25, -0.2) is 4.39 Å². The molecule has 0 amide bonds. The summed E-state index contributed by atoms with van der Waals surface area (Å²) in [5.41, 5.74) is 6.68. The molecule has 2 rings (SSSR count).